The lowest BCUT2D eigenvalue weighted by Gasteiger charge is -2.19. The summed E-state index contributed by atoms with van der Waals surface area (Å²) in [4.78, 5) is 21.2. The molecular formula is C22H30N4O3. The Labute approximate surface area is 171 Å². The molecule has 1 amide bonds. The number of benzene rings is 1. The van der Waals surface area contributed by atoms with Gasteiger partial charge in [0.25, 0.3) is 0 Å². The minimum Gasteiger partial charge on any atom is -0.444 e. The summed E-state index contributed by atoms with van der Waals surface area (Å²) >= 11 is 0. The standard InChI is InChI=1S/C22H30N4O3/c1-5-13-28-15-19-25-18-14-24-17-10-7-6-9-16(17)20(18)26(19)12-8-11-23-21(27)29-22(2,3)4/h6-7,9-10,14H,5,8,11-13,15H2,1-4H3,(H,23,27). The van der Waals surface area contributed by atoms with Crippen LogP contribution in [-0.2, 0) is 22.6 Å². The summed E-state index contributed by atoms with van der Waals surface area (Å²) in [6.07, 6.45) is 3.14. The molecule has 7 heteroatoms. The van der Waals surface area contributed by atoms with Crippen molar-refractivity contribution in [2.45, 2.75) is 59.3 Å². The van der Waals surface area contributed by atoms with Gasteiger partial charge in [0.1, 0.15) is 23.5 Å². The zero-order chi connectivity index (χ0) is 20.9. The molecule has 3 aromatic rings. The Morgan fingerprint density at radius 3 is 2.76 bits per heavy atom. The first-order valence-electron chi connectivity index (χ1n) is 10.2. The Morgan fingerprint density at radius 1 is 1.21 bits per heavy atom. The lowest BCUT2D eigenvalue weighted by atomic mass is 10.2. The number of aryl methyl sites for hydroxylation is 1. The van der Waals surface area contributed by atoms with Gasteiger partial charge in [-0.25, -0.2) is 9.78 Å². The summed E-state index contributed by atoms with van der Waals surface area (Å²) < 4.78 is 13.2. The topological polar surface area (TPSA) is 78.3 Å². The lowest BCUT2D eigenvalue weighted by molar-refractivity contribution is 0.0526. The van der Waals surface area contributed by atoms with E-state index in [1.807, 2.05) is 45.2 Å². The van der Waals surface area contributed by atoms with Crippen molar-refractivity contribution in [3.8, 4) is 0 Å². The normalized spacial score (nSPS) is 11.9. The van der Waals surface area contributed by atoms with Gasteiger partial charge in [0.15, 0.2) is 0 Å². The first-order valence-corrected chi connectivity index (χ1v) is 10.2. The monoisotopic (exact) mass is 398 g/mol. The molecule has 0 aliphatic heterocycles. The van der Waals surface area contributed by atoms with E-state index >= 15 is 0 Å². The van der Waals surface area contributed by atoms with Crippen molar-refractivity contribution in [1.82, 2.24) is 19.9 Å². The van der Waals surface area contributed by atoms with Crippen molar-refractivity contribution in [3.05, 3.63) is 36.3 Å². The summed E-state index contributed by atoms with van der Waals surface area (Å²) in [7, 11) is 0. The number of nitrogens with one attached hydrogen (secondary N) is 1. The fraction of sp³-hybridized carbons (Fsp3) is 0.500. The van der Waals surface area contributed by atoms with Crippen molar-refractivity contribution in [2.24, 2.45) is 0 Å². The maximum atomic E-state index is 11.9. The second-order valence-corrected chi connectivity index (χ2v) is 8.02. The number of hydrogen-bond donors (Lipinski definition) is 1. The molecule has 3 rings (SSSR count). The molecular weight excluding hydrogens is 368 g/mol. The average molecular weight is 399 g/mol. The number of para-hydroxylation sites is 1. The number of nitrogens with zero attached hydrogens (tertiary/aromatic N) is 3. The first-order chi connectivity index (χ1) is 13.9. The number of amides is 1. The van der Waals surface area contributed by atoms with Crippen LogP contribution in [0.1, 0.15) is 46.4 Å². The SMILES string of the molecule is CCCOCc1nc2cnc3ccccc3c2n1CCCNC(=O)OC(C)(C)C. The highest BCUT2D eigenvalue weighted by atomic mass is 16.6. The molecule has 0 fully saturated rings. The van der Waals surface area contributed by atoms with Crippen LogP contribution in [-0.4, -0.2) is 39.4 Å². The molecule has 0 bridgehead atoms. The average Bonchev–Trinajstić information content (AvgIpc) is 3.02. The molecule has 0 spiro atoms. The second-order valence-electron chi connectivity index (χ2n) is 8.02. The van der Waals surface area contributed by atoms with Gasteiger partial charge >= 0.3 is 6.09 Å². The van der Waals surface area contributed by atoms with E-state index in [1.54, 1.807) is 0 Å². The molecule has 2 heterocycles. The van der Waals surface area contributed by atoms with E-state index in [0.29, 0.717) is 26.3 Å². The minimum atomic E-state index is -0.500. The highest BCUT2D eigenvalue weighted by Crippen LogP contribution is 2.25. The molecule has 1 aromatic carbocycles. The summed E-state index contributed by atoms with van der Waals surface area (Å²) in [5.41, 5.74) is 2.36. The molecule has 0 saturated heterocycles. The molecule has 156 valence electrons. The van der Waals surface area contributed by atoms with Crippen LogP contribution in [0.5, 0.6) is 0 Å². The molecule has 29 heavy (non-hydrogen) atoms. The Balaban J connectivity index is 1.79. The maximum Gasteiger partial charge on any atom is 0.407 e. The summed E-state index contributed by atoms with van der Waals surface area (Å²) in [5.74, 6) is 0.879. The largest absolute Gasteiger partial charge is 0.444 e. The minimum absolute atomic E-state index is 0.394. The predicted molar refractivity (Wildman–Crippen MR) is 114 cm³/mol. The highest BCUT2D eigenvalue weighted by Gasteiger charge is 2.17. The third-order valence-corrected chi connectivity index (χ3v) is 4.37. The van der Waals surface area contributed by atoms with Gasteiger partial charge in [-0.2, -0.15) is 0 Å². The van der Waals surface area contributed by atoms with Crippen LogP contribution in [0.2, 0.25) is 0 Å². The van der Waals surface area contributed by atoms with Crippen molar-refractivity contribution in [3.63, 3.8) is 0 Å². The van der Waals surface area contributed by atoms with Crippen molar-refractivity contribution in [1.29, 1.82) is 0 Å². The van der Waals surface area contributed by atoms with E-state index in [4.69, 9.17) is 14.5 Å². The summed E-state index contributed by atoms with van der Waals surface area (Å²) in [6, 6.07) is 8.07. The van der Waals surface area contributed by atoms with Crippen LogP contribution in [0.4, 0.5) is 4.79 Å². The van der Waals surface area contributed by atoms with Gasteiger partial charge in [-0.15, -0.1) is 0 Å². The Hall–Kier alpha value is -2.67. The van der Waals surface area contributed by atoms with Gasteiger partial charge in [-0.3, -0.25) is 4.98 Å². The smallest absolute Gasteiger partial charge is 0.407 e. The number of carbonyl (C=O) groups is 1. The zero-order valence-electron chi connectivity index (χ0n) is 17.7. The second kappa shape index (κ2) is 9.22. The van der Waals surface area contributed by atoms with Gasteiger partial charge in [0.05, 0.1) is 17.2 Å². The molecule has 7 nitrogen and oxygen atoms in total. The zero-order valence-corrected chi connectivity index (χ0v) is 17.7. The molecule has 0 aliphatic carbocycles. The summed E-state index contributed by atoms with van der Waals surface area (Å²) in [5, 5.41) is 3.89. The fourth-order valence-corrected chi connectivity index (χ4v) is 3.21. The predicted octanol–water partition coefficient (Wildman–Crippen LogP) is 4.43. The van der Waals surface area contributed by atoms with E-state index < -0.39 is 11.7 Å². The summed E-state index contributed by atoms with van der Waals surface area (Å²) in [6.45, 7) is 10.0. The van der Waals surface area contributed by atoms with Gasteiger partial charge in [0.2, 0.25) is 0 Å². The molecule has 0 aliphatic rings. The van der Waals surface area contributed by atoms with Crippen LogP contribution in [0.15, 0.2) is 30.5 Å². The number of fused-ring (bicyclic) bond motifs is 3. The van der Waals surface area contributed by atoms with Crippen molar-refractivity contribution >= 4 is 28.0 Å². The van der Waals surface area contributed by atoms with E-state index in [9.17, 15) is 4.79 Å². The van der Waals surface area contributed by atoms with E-state index in [2.05, 4.69) is 27.9 Å². The Morgan fingerprint density at radius 2 is 2.00 bits per heavy atom. The molecule has 2 aromatic heterocycles. The number of rotatable bonds is 8. The fourth-order valence-electron chi connectivity index (χ4n) is 3.21. The number of pyridine rings is 1. The number of alkyl carbamates (subject to hydrolysis) is 1. The van der Waals surface area contributed by atoms with E-state index in [0.717, 1.165) is 40.6 Å². The highest BCUT2D eigenvalue weighted by molar-refractivity contribution is 6.02. The first kappa shape index (κ1) is 21.0. The van der Waals surface area contributed by atoms with Gasteiger partial charge in [-0.05, 0) is 39.7 Å². The number of carbonyl (C=O) groups excluding carboxylic acids is 1. The van der Waals surface area contributed by atoms with Crippen LogP contribution >= 0.6 is 0 Å². The molecule has 0 unspecified atom stereocenters. The van der Waals surface area contributed by atoms with Gasteiger partial charge in [-0.1, -0.05) is 25.1 Å². The van der Waals surface area contributed by atoms with Crippen molar-refractivity contribution in [2.75, 3.05) is 13.2 Å². The van der Waals surface area contributed by atoms with Crippen LogP contribution in [0.3, 0.4) is 0 Å². The molecule has 0 atom stereocenters. The number of aromatic nitrogens is 3. The van der Waals surface area contributed by atoms with E-state index in [1.165, 1.54) is 0 Å². The lowest BCUT2D eigenvalue weighted by Crippen LogP contribution is -2.33. The van der Waals surface area contributed by atoms with Crippen molar-refractivity contribution < 1.29 is 14.3 Å². The molecule has 0 saturated carbocycles. The molecule has 1 N–H and O–H groups in total. The van der Waals surface area contributed by atoms with Crippen LogP contribution < -0.4 is 5.32 Å². The Bertz CT molecular complexity index is 975. The number of hydrogen-bond acceptors (Lipinski definition) is 5. The van der Waals surface area contributed by atoms with Gasteiger partial charge in [0, 0.05) is 25.1 Å². The van der Waals surface area contributed by atoms with Gasteiger partial charge < -0.3 is 19.4 Å². The quantitative estimate of drug-likeness (QED) is 0.568. The molecule has 0 radical (unpaired) electrons. The van der Waals surface area contributed by atoms with Crippen LogP contribution in [0.25, 0.3) is 21.9 Å². The van der Waals surface area contributed by atoms with Crippen LogP contribution in [0, 0.1) is 0 Å². The maximum absolute atomic E-state index is 11.9. The van der Waals surface area contributed by atoms with E-state index in [-0.39, 0.29) is 0 Å². The third-order valence-electron chi connectivity index (χ3n) is 4.37. The number of imidazole rings is 1. The number of ether oxygens (including phenoxy) is 2. The Kier molecular flexibility index (Phi) is 6.69. The third kappa shape index (κ3) is 5.44.